The molecule has 18 heavy (non-hydrogen) atoms. The van der Waals surface area contributed by atoms with Crippen LogP contribution in [0.2, 0.25) is 0 Å². The Morgan fingerprint density at radius 2 is 2.39 bits per heavy atom. The minimum Gasteiger partial charge on any atom is -0.385 e. The largest absolute Gasteiger partial charge is 0.385 e. The molecular formula is C13H22N4O. The summed E-state index contributed by atoms with van der Waals surface area (Å²) in [6.45, 7) is 2.88. The molecule has 1 unspecified atom stereocenters. The second-order valence-electron chi connectivity index (χ2n) is 4.06. The van der Waals surface area contributed by atoms with Gasteiger partial charge in [-0.1, -0.05) is 6.92 Å². The van der Waals surface area contributed by atoms with Crippen molar-refractivity contribution in [1.82, 2.24) is 4.98 Å². The van der Waals surface area contributed by atoms with Crippen LogP contribution in [0.15, 0.2) is 23.5 Å². The van der Waals surface area contributed by atoms with Gasteiger partial charge in [0.15, 0.2) is 0 Å². The highest BCUT2D eigenvalue weighted by molar-refractivity contribution is 6.02. The Morgan fingerprint density at radius 3 is 3.00 bits per heavy atom. The average Bonchev–Trinajstić information content (AvgIpc) is 2.43. The topological polar surface area (TPSA) is 72.5 Å². The Hall–Kier alpha value is -1.62. The molecule has 100 valence electrons. The number of nitrogens with one attached hydrogen (secondary N) is 1. The summed E-state index contributed by atoms with van der Waals surface area (Å²) in [5.41, 5.74) is 7.67. The third-order valence-electron chi connectivity index (χ3n) is 2.86. The van der Waals surface area contributed by atoms with Crippen molar-refractivity contribution in [1.29, 1.82) is 0 Å². The fourth-order valence-electron chi connectivity index (χ4n) is 1.70. The van der Waals surface area contributed by atoms with Crippen LogP contribution in [0.5, 0.6) is 0 Å². The van der Waals surface area contributed by atoms with E-state index in [1.165, 1.54) is 0 Å². The van der Waals surface area contributed by atoms with Gasteiger partial charge in [0.25, 0.3) is 0 Å². The average molecular weight is 250 g/mol. The zero-order valence-electron chi connectivity index (χ0n) is 11.3. The van der Waals surface area contributed by atoms with Gasteiger partial charge in [0, 0.05) is 44.9 Å². The first-order valence-corrected chi connectivity index (χ1v) is 6.15. The molecule has 0 bridgehead atoms. The van der Waals surface area contributed by atoms with Gasteiger partial charge in [-0.2, -0.15) is 0 Å². The van der Waals surface area contributed by atoms with Crippen LogP contribution in [0, 0.1) is 0 Å². The molecule has 5 heteroatoms. The van der Waals surface area contributed by atoms with E-state index in [1.54, 1.807) is 26.6 Å². The maximum absolute atomic E-state index is 5.86. The molecule has 0 saturated carbocycles. The zero-order chi connectivity index (χ0) is 13.4. The van der Waals surface area contributed by atoms with E-state index in [4.69, 9.17) is 10.5 Å². The van der Waals surface area contributed by atoms with E-state index in [9.17, 15) is 0 Å². The van der Waals surface area contributed by atoms with Crippen LogP contribution >= 0.6 is 0 Å². The fraction of sp³-hybridized carbons (Fsp3) is 0.538. The first kappa shape index (κ1) is 14.4. The molecule has 0 fully saturated rings. The van der Waals surface area contributed by atoms with Gasteiger partial charge in [0.05, 0.1) is 5.56 Å². The molecule has 0 amide bonds. The second kappa shape index (κ2) is 7.66. The maximum Gasteiger partial charge on any atom is 0.129 e. The molecule has 1 aromatic heterocycles. The molecule has 0 aliphatic carbocycles. The van der Waals surface area contributed by atoms with Gasteiger partial charge in [-0.05, 0) is 18.9 Å². The van der Waals surface area contributed by atoms with E-state index >= 15 is 0 Å². The lowest BCUT2D eigenvalue weighted by molar-refractivity contribution is 0.189. The van der Waals surface area contributed by atoms with Crippen LogP contribution in [0.4, 0.5) is 5.69 Å². The number of hydrogen-bond donors (Lipinski definition) is 2. The number of anilines is 1. The van der Waals surface area contributed by atoms with Crippen molar-refractivity contribution >= 4 is 11.5 Å². The van der Waals surface area contributed by atoms with Crippen molar-refractivity contribution in [2.45, 2.75) is 25.8 Å². The van der Waals surface area contributed by atoms with Crippen LogP contribution in [0.1, 0.15) is 25.3 Å². The van der Waals surface area contributed by atoms with Gasteiger partial charge in [-0.3, -0.25) is 9.98 Å². The molecule has 1 rings (SSSR count). The third kappa shape index (κ3) is 4.00. The fourth-order valence-corrected chi connectivity index (χ4v) is 1.70. The van der Waals surface area contributed by atoms with Gasteiger partial charge in [-0.25, -0.2) is 0 Å². The maximum atomic E-state index is 5.86. The van der Waals surface area contributed by atoms with E-state index in [0.29, 0.717) is 11.9 Å². The first-order valence-electron chi connectivity index (χ1n) is 6.15. The van der Waals surface area contributed by atoms with Crippen LogP contribution in [0.3, 0.4) is 0 Å². The quantitative estimate of drug-likeness (QED) is 0.570. The number of nitrogens with two attached hydrogens (primary N) is 1. The number of pyridine rings is 1. The molecule has 0 radical (unpaired) electrons. The Balaban J connectivity index is 2.82. The van der Waals surface area contributed by atoms with Gasteiger partial charge in [0.2, 0.25) is 0 Å². The van der Waals surface area contributed by atoms with Crippen molar-refractivity contribution < 1.29 is 4.74 Å². The second-order valence-corrected chi connectivity index (χ2v) is 4.06. The highest BCUT2D eigenvalue weighted by Crippen LogP contribution is 2.16. The molecular weight excluding hydrogens is 228 g/mol. The predicted molar refractivity (Wildman–Crippen MR) is 75.1 cm³/mol. The smallest absolute Gasteiger partial charge is 0.129 e. The summed E-state index contributed by atoms with van der Waals surface area (Å²) in [6.07, 6.45) is 5.46. The Labute approximate surface area is 108 Å². The van der Waals surface area contributed by atoms with E-state index in [0.717, 1.165) is 30.7 Å². The van der Waals surface area contributed by atoms with Crippen molar-refractivity contribution in [3.8, 4) is 0 Å². The number of aromatic nitrogens is 1. The van der Waals surface area contributed by atoms with Crippen LogP contribution in [0.25, 0.3) is 0 Å². The predicted octanol–water partition coefficient (Wildman–Crippen LogP) is 1.64. The van der Waals surface area contributed by atoms with Gasteiger partial charge >= 0.3 is 0 Å². The molecule has 3 N–H and O–H groups in total. The van der Waals surface area contributed by atoms with E-state index in [2.05, 4.69) is 22.2 Å². The summed E-state index contributed by atoms with van der Waals surface area (Å²) in [5.74, 6) is 0.493. The Kier molecular flexibility index (Phi) is 6.14. The van der Waals surface area contributed by atoms with Crippen molar-refractivity contribution in [2.24, 2.45) is 10.7 Å². The molecule has 0 aliphatic heterocycles. The van der Waals surface area contributed by atoms with Gasteiger partial charge in [0.1, 0.15) is 5.84 Å². The van der Waals surface area contributed by atoms with Crippen LogP contribution in [-0.2, 0) is 4.74 Å². The molecule has 0 saturated heterocycles. The molecule has 1 atom stereocenters. The number of amidine groups is 1. The molecule has 0 aliphatic rings. The van der Waals surface area contributed by atoms with E-state index in [1.807, 2.05) is 6.07 Å². The van der Waals surface area contributed by atoms with Crippen molar-refractivity contribution in [3.63, 3.8) is 0 Å². The summed E-state index contributed by atoms with van der Waals surface area (Å²) in [5, 5.41) is 3.47. The molecule has 0 aromatic carbocycles. The van der Waals surface area contributed by atoms with E-state index < -0.39 is 0 Å². The first-order chi connectivity index (χ1) is 8.72. The zero-order valence-corrected chi connectivity index (χ0v) is 11.3. The lowest BCUT2D eigenvalue weighted by Crippen LogP contribution is -2.23. The summed E-state index contributed by atoms with van der Waals surface area (Å²) in [4.78, 5) is 8.09. The lowest BCUT2D eigenvalue weighted by atomic mass is 10.1. The summed E-state index contributed by atoms with van der Waals surface area (Å²) in [6, 6.07) is 2.28. The number of nitrogens with zero attached hydrogens (tertiary/aromatic N) is 2. The number of aliphatic imine (C=N–C) groups is 1. The third-order valence-corrected chi connectivity index (χ3v) is 2.86. The van der Waals surface area contributed by atoms with Gasteiger partial charge < -0.3 is 15.8 Å². The minimum atomic E-state index is 0.357. The SMILES string of the molecule is CCC(CCOC)Nc1ccncc1C(N)=NC. The molecule has 5 nitrogen and oxygen atoms in total. The Bertz CT molecular complexity index is 392. The number of hydrogen-bond acceptors (Lipinski definition) is 4. The summed E-state index contributed by atoms with van der Waals surface area (Å²) >= 11 is 0. The van der Waals surface area contributed by atoms with Crippen molar-refractivity contribution in [3.05, 3.63) is 24.0 Å². The lowest BCUT2D eigenvalue weighted by Gasteiger charge is -2.19. The number of rotatable bonds is 7. The molecule has 0 spiro atoms. The monoisotopic (exact) mass is 250 g/mol. The van der Waals surface area contributed by atoms with Crippen LogP contribution in [-0.4, -0.2) is 37.6 Å². The molecule has 1 aromatic rings. The summed E-state index contributed by atoms with van der Waals surface area (Å²) in [7, 11) is 3.39. The van der Waals surface area contributed by atoms with Gasteiger partial charge in [-0.15, -0.1) is 0 Å². The van der Waals surface area contributed by atoms with E-state index in [-0.39, 0.29) is 0 Å². The Morgan fingerprint density at radius 1 is 1.61 bits per heavy atom. The number of methoxy groups -OCH3 is 1. The van der Waals surface area contributed by atoms with Crippen LogP contribution < -0.4 is 11.1 Å². The minimum absolute atomic E-state index is 0.357. The van der Waals surface area contributed by atoms with Crippen molar-refractivity contribution in [2.75, 3.05) is 26.1 Å². The normalized spacial score (nSPS) is 13.4. The number of ether oxygens (including phenoxy) is 1. The highest BCUT2D eigenvalue weighted by atomic mass is 16.5. The summed E-state index contributed by atoms with van der Waals surface area (Å²) < 4.78 is 5.11. The standard InChI is InChI=1S/C13H22N4O/c1-4-10(6-8-18-3)17-12-5-7-16-9-11(12)13(14)15-2/h5,7,9-10H,4,6,8H2,1-3H3,(H2,14,15)(H,16,17). The highest BCUT2D eigenvalue weighted by Gasteiger charge is 2.10. The molecule has 1 heterocycles.